The number of ether oxygens (including phenoxy) is 1. The van der Waals surface area contributed by atoms with Gasteiger partial charge in [0.15, 0.2) is 5.96 Å². The molecule has 9 nitrogen and oxygen atoms in total. The van der Waals surface area contributed by atoms with Crippen LogP contribution in [0.25, 0.3) is 0 Å². The molecule has 0 spiro atoms. The number of hydrogen-bond donors (Lipinski definition) is 3. The number of hydrogen-bond acceptors (Lipinski definition) is 6. The van der Waals surface area contributed by atoms with Crippen molar-refractivity contribution in [3.8, 4) is 0 Å². The molecule has 1 aliphatic rings. The van der Waals surface area contributed by atoms with Crippen LogP contribution in [0.2, 0.25) is 0 Å². The summed E-state index contributed by atoms with van der Waals surface area (Å²) in [5.41, 5.74) is 16.5. The van der Waals surface area contributed by atoms with Crippen molar-refractivity contribution in [3.05, 3.63) is 0 Å². The first kappa shape index (κ1) is 18.1. The molecule has 27 heavy (non-hydrogen) atoms. The van der Waals surface area contributed by atoms with Gasteiger partial charge in [-0.05, 0) is 12.8 Å². The molecule has 1 heterocycles. The lowest BCUT2D eigenvalue weighted by atomic mass is 10.1. The Kier molecular flexibility index (Phi) is 8.66. The fourth-order valence-electron chi connectivity index (χ4n) is 2.76. The van der Waals surface area contributed by atoms with Crippen molar-refractivity contribution in [1.82, 2.24) is 4.90 Å². The molecule has 0 aliphatic carbocycles. The van der Waals surface area contributed by atoms with E-state index in [1.165, 1.54) is 0 Å². The minimum Gasteiger partial charge on any atom is -0.463 e. The van der Waals surface area contributed by atoms with E-state index in [0.717, 1.165) is 51.4 Å². The summed E-state index contributed by atoms with van der Waals surface area (Å²) < 4.78 is 28.4. The third kappa shape index (κ3) is 9.81. The molecular formula is C18H34N6O3. The van der Waals surface area contributed by atoms with Gasteiger partial charge in [-0.1, -0.05) is 51.4 Å². The number of aliphatic imine (C=N–C) groups is 2. The average Bonchev–Trinajstić information content (AvgIpc) is 2.62. The standard InChI is InChI=1S/C18H34N6O3/c1-24-15(23-17(19)20)16(26)27-13-11-9-7-5-3-2-4-6-8-10-12-14(25)22-18(24)21/h15H,2-13H2,1H3,(H4,19,20,23)(H2,21,22,25)/i1D3. The van der Waals surface area contributed by atoms with Gasteiger partial charge in [0.2, 0.25) is 18.0 Å². The van der Waals surface area contributed by atoms with Gasteiger partial charge in [-0.15, -0.1) is 0 Å². The molecule has 1 atom stereocenters. The minimum atomic E-state index is -2.94. The smallest absolute Gasteiger partial charge is 0.351 e. The van der Waals surface area contributed by atoms with Gasteiger partial charge in [0.25, 0.3) is 0 Å². The van der Waals surface area contributed by atoms with Gasteiger partial charge in [-0.25, -0.2) is 9.79 Å². The van der Waals surface area contributed by atoms with Gasteiger partial charge in [0.1, 0.15) is 0 Å². The summed E-state index contributed by atoms with van der Waals surface area (Å²) in [5.74, 6) is -2.74. The maximum absolute atomic E-state index is 12.5. The van der Waals surface area contributed by atoms with Gasteiger partial charge in [0, 0.05) is 17.5 Å². The van der Waals surface area contributed by atoms with Crippen LogP contribution in [0.1, 0.15) is 74.7 Å². The molecule has 154 valence electrons. The van der Waals surface area contributed by atoms with Crippen molar-refractivity contribution in [2.24, 2.45) is 27.2 Å². The van der Waals surface area contributed by atoms with E-state index < -0.39 is 36.9 Å². The summed E-state index contributed by atoms with van der Waals surface area (Å²) in [7, 11) is 0. The van der Waals surface area contributed by atoms with Crippen LogP contribution < -0.4 is 17.2 Å². The Morgan fingerprint density at radius 2 is 1.63 bits per heavy atom. The van der Waals surface area contributed by atoms with E-state index in [-0.39, 0.29) is 13.0 Å². The lowest BCUT2D eigenvalue weighted by Gasteiger charge is -2.24. The van der Waals surface area contributed by atoms with Gasteiger partial charge >= 0.3 is 5.97 Å². The summed E-state index contributed by atoms with van der Waals surface area (Å²) in [6, 6.07) is 0. The highest BCUT2D eigenvalue weighted by Crippen LogP contribution is 2.12. The predicted molar refractivity (Wildman–Crippen MR) is 106 cm³/mol. The maximum Gasteiger partial charge on any atom is 0.351 e. The van der Waals surface area contributed by atoms with Gasteiger partial charge in [-0.2, -0.15) is 4.99 Å². The van der Waals surface area contributed by atoms with Crippen molar-refractivity contribution in [3.63, 3.8) is 0 Å². The summed E-state index contributed by atoms with van der Waals surface area (Å²) >= 11 is 0. The zero-order chi connectivity index (χ0) is 22.6. The van der Waals surface area contributed by atoms with Crippen LogP contribution in [0.3, 0.4) is 0 Å². The van der Waals surface area contributed by atoms with Crippen molar-refractivity contribution in [2.75, 3.05) is 13.6 Å². The maximum atomic E-state index is 12.5. The van der Waals surface area contributed by atoms with E-state index in [1.54, 1.807) is 0 Å². The Balaban J connectivity index is 3.09. The predicted octanol–water partition coefficient (Wildman–Crippen LogP) is 1.21. The van der Waals surface area contributed by atoms with Crippen LogP contribution in [0.15, 0.2) is 9.98 Å². The number of cyclic esters (lactones) is 1. The quantitative estimate of drug-likeness (QED) is 0.349. The normalized spacial score (nSPS) is 24.7. The molecule has 0 radical (unpaired) electrons. The second-order valence-corrected chi connectivity index (χ2v) is 6.61. The number of likely N-dealkylation sites (N-methyl/N-ethyl adjacent to an activating group) is 1. The molecular weight excluding hydrogens is 348 g/mol. The molecule has 1 amide bonds. The molecule has 0 aromatic heterocycles. The Bertz CT molecular complexity index is 621. The summed E-state index contributed by atoms with van der Waals surface area (Å²) in [5, 5.41) is 0. The van der Waals surface area contributed by atoms with E-state index in [4.69, 9.17) is 26.1 Å². The molecule has 0 bridgehead atoms. The second kappa shape index (κ2) is 12.9. The van der Waals surface area contributed by atoms with Crippen molar-refractivity contribution in [2.45, 2.75) is 76.8 Å². The van der Waals surface area contributed by atoms with E-state index in [1.807, 2.05) is 0 Å². The largest absolute Gasteiger partial charge is 0.463 e. The zero-order valence-electron chi connectivity index (χ0n) is 18.9. The average molecular weight is 386 g/mol. The monoisotopic (exact) mass is 385 g/mol. The summed E-state index contributed by atoms with van der Waals surface area (Å²) in [4.78, 5) is 32.4. The molecule has 0 saturated carbocycles. The van der Waals surface area contributed by atoms with E-state index in [0.29, 0.717) is 17.7 Å². The topological polar surface area (TPSA) is 149 Å². The van der Waals surface area contributed by atoms with Crippen LogP contribution in [-0.4, -0.2) is 48.4 Å². The van der Waals surface area contributed by atoms with Crippen LogP contribution in [0.5, 0.6) is 0 Å². The van der Waals surface area contributed by atoms with E-state index in [2.05, 4.69) is 9.98 Å². The van der Waals surface area contributed by atoms with Gasteiger partial charge in [-0.3, -0.25) is 4.79 Å². The number of amides is 1. The first-order chi connectivity index (χ1) is 14.1. The number of esters is 1. The summed E-state index contributed by atoms with van der Waals surface area (Å²) in [6.45, 7) is -2.84. The molecule has 9 heteroatoms. The second-order valence-electron chi connectivity index (χ2n) is 6.61. The number of rotatable bonds is 1. The highest BCUT2D eigenvalue weighted by Gasteiger charge is 2.26. The van der Waals surface area contributed by atoms with Crippen molar-refractivity contribution in [1.29, 1.82) is 0 Å². The molecule has 1 unspecified atom stereocenters. The van der Waals surface area contributed by atoms with Crippen LogP contribution >= 0.6 is 0 Å². The van der Waals surface area contributed by atoms with E-state index in [9.17, 15) is 9.59 Å². The highest BCUT2D eigenvalue weighted by molar-refractivity contribution is 5.94. The fourth-order valence-corrected chi connectivity index (χ4v) is 2.76. The number of carbonyl (C=O) groups excluding carboxylic acids is 2. The molecule has 6 N–H and O–H groups in total. The molecule has 0 fully saturated rings. The zero-order valence-corrected chi connectivity index (χ0v) is 15.9. The number of nitrogens with zero attached hydrogens (tertiary/aromatic N) is 3. The van der Waals surface area contributed by atoms with Gasteiger partial charge in [0.05, 0.1) is 6.61 Å². The Hall–Kier alpha value is -2.32. The number of nitrogens with two attached hydrogens (primary N) is 3. The van der Waals surface area contributed by atoms with Crippen molar-refractivity contribution >= 4 is 23.8 Å². The molecule has 0 saturated heterocycles. The highest BCUT2D eigenvalue weighted by atomic mass is 16.5. The van der Waals surface area contributed by atoms with Gasteiger partial charge < -0.3 is 26.8 Å². The first-order valence-electron chi connectivity index (χ1n) is 11.0. The number of guanidine groups is 2. The van der Waals surface area contributed by atoms with Crippen LogP contribution in [0, 0.1) is 0 Å². The molecule has 1 aliphatic heterocycles. The molecule has 0 aromatic carbocycles. The van der Waals surface area contributed by atoms with Crippen LogP contribution in [0.4, 0.5) is 0 Å². The van der Waals surface area contributed by atoms with Crippen molar-refractivity contribution < 1.29 is 18.4 Å². The Labute approximate surface area is 165 Å². The van der Waals surface area contributed by atoms with E-state index >= 15 is 0 Å². The molecule has 1 rings (SSSR count). The fraction of sp³-hybridized carbons (Fsp3) is 0.778. The SMILES string of the molecule is [2H]C([2H])([2H])N1C(N)=NC(=O)CCCCCCCCCCCCOC(=O)C1N=C(N)N. The molecule has 0 aromatic rings. The first-order valence-corrected chi connectivity index (χ1v) is 9.54. The minimum absolute atomic E-state index is 0.0974. The summed E-state index contributed by atoms with van der Waals surface area (Å²) in [6.07, 6.45) is 7.99. The van der Waals surface area contributed by atoms with Crippen LogP contribution in [-0.2, 0) is 14.3 Å². The Morgan fingerprint density at radius 1 is 1.07 bits per heavy atom. The lowest BCUT2D eigenvalue weighted by molar-refractivity contribution is -0.148. The lowest BCUT2D eigenvalue weighted by Crippen LogP contribution is -2.47. The Morgan fingerprint density at radius 3 is 2.19 bits per heavy atom. The number of carbonyl (C=O) groups is 2. The third-order valence-electron chi connectivity index (χ3n) is 4.24. The third-order valence-corrected chi connectivity index (χ3v) is 4.24.